The van der Waals surface area contributed by atoms with E-state index in [0.29, 0.717) is 23.7 Å². The lowest BCUT2D eigenvalue weighted by molar-refractivity contribution is -0.137. The highest BCUT2D eigenvalue weighted by molar-refractivity contribution is 14.1. The van der Waals surface area contributed by atoms with E-state index < -0.39 is 5.97 Å². The van der Waals surface area contributed by atoms with Gasteiger partial charge in [-0.25, -0.2) is 4.79 Å². The number of halogens is 1. The predicted octanol–water partition coefficient (Wildman–Crippen LogP) is 3.56. The fourth-order valence-electron chi connectivity index (χ4n) is 1.68. The van der Waals surface area contributed by atoms with Crippen LogP contribution in [0.15, 0.2) is 17.7 Å². The topological polar surface area (TPSA) is 68.5 Å². The van der Waals surface area contributed by atoms with Crippen molar-refractivity contribution in [2.75, 3.05) is 20.3 Å². The van der Waals surface area contributed by atoms with Crippen LogP contribution in [-0.2, 0) is 9.53 Å². The highest BCUT2D eigenvalue weighted by atomic mass is 127. The molecule has 5 nitrogen and oxygen atoms in total. The Hall–Kier alpha value is -1.75. The summed E-state index contributed by atoms with van der Waals surface area (Å²) in [4.78, 5) is 11.7. The number of nitrogens with zero attached hydrogens (tertiary/aromatic N) is 1. The maximum atomic E-state index is 11.7. The van der Waals surface area contributed by atoms with Gasteiger partial charge in [0, 0.05) is 0 Å². The number of rotatable bonds is 7. The predicted molar refractivity (Wildman–Crippen MR) is 91.7 cm³/mol. The highest BCUT2D eigenvalue weighted by Gasteiger charge is 2.14. The molecule has 1 aromatic carbocycles. The third-order valence-electron chi connectivity index (χ3n) is 2.63. The van der Waals surface area contributed by atoms with Crippen molar-refractivity contribution in [3.63, 3.8) is 0 Å². The van der Waals surface area contributed by atoms with Crippen LogP contribution in [0.1, 0.15) is 25.8 Å². The molecular weight excluding hydrogens is 397 g/mol. The van der Waals surface area contributed by atoms with E-state index in [1.54, 1.807) is 20.1 Å². The van der Waals surface area contributed by atoms with Crippen molar-refractivity contribution in [3.8, 4) is 17.6 Å². The molecule has 0 heterocycles. The molecule has 118 valence electrons. The molecule has 0 saturated carbocycles. The third-order valence-corrected chi connectivity index (χ3v) is 3.43. The number of carbonyl (C=O) groups is 1. The number of methoxy groups -OCH3 is 1. The molecule has 0 aliphatic carbocycles. The molecular formula is C16H18INO4. The number of nitriles is 1. The Labute approximate surface area is 144 Å². The molecule has 0 saturated heterocycles. The van der Waals surface area contributed by atoms with E-state index in [0.717, 1.165) is 9.99 Å². The SMILES string of the molecule is CCCOc1c(I)cc(/C=C(/C#N)C(=O)OCC)cc1OC. The second kappa shape index (κ2) is 9.30. The molecule has 22 heavy (non-hydrogen) atoms. The number of esters is 1. The lowest BCUT2D eigenvalue weighted by Crippen LogP contribution is -2.06. The zero-order valence-corrected chi connectivity index (χ0v) is 15.0. The summed E-state index contributed by atoms with van der Waals surface area (Å²) in [6.45, 7) is 4.53. The molecule has 0 aromatic heterocycles. The van der Waals surface area contributed by atoms with Crippen LogP contribution in [0.25, 0.3) is 6.08 Å². The quantitative estimate of drug-likeness (QED) is 0.295. The molecule has 0 unspecified atom stereocenters. The van der Waals surface area contributed by atoms with Gasteiger partial charge in [0.1, 0.15) is 11.6 Å². The van der Waals surface area contributed by atoms with E-state index in [-0.39, 0.29) is 12.2 Å². The van der Waals surface area contributed by atoms with Crippen molar-refractivity contribution in [1.29, 1.82) is 5.26 Å². The number of benzene rings is 1. The van der Waals surface area contributed by atoms with Crippen molar-refractivity contribution in [1.82, 2.24) is 0 Å². The van der Waals surface area contributed by atoms with Gasteiger partial charge in [-0.2, -0.15) is 5.26 Å². The standard InChI is InChI=1S/C16H18INO4/c1-4-6-22-15-13(17)8-11(9-14(15)20-3)7-12(10-18)16(19)21-5-2/h7-9H,4-6H2,1-3H3/b12-7-. The first-order chi connectivity index (χ1) is 10.6. The Morgan fingerprint density at radius 1 is 1.41 bits per heavy atom. The van der Waals surface area contributed by atoms with Crippen LogP contribution in [0.2, 0.25) is 0 Å². The number of carbonyl (C=O) groups excluding carboxylic acids is 1. The minimum atomic E-state index is -0.634. The van der Waals surface area contributed by atoms with Crippen molar-refractivity contribution >= 4 is 34.6 Å². The summed E-state index contributed by atoms with van der Waals surface area (Å²) in [5, 5.41) is 9.07. The van der Waals surface area contributed by atoms with E-state index in [1.165, 1.54) is 6.08 Å². The first-order valence-corrected chi connectivity index (χ1v) is 7.94. The molecule has 1 rings (SSSR count). The minimum Gasteiger partial charge on any atom is -0.493 e. The average molecular weight is 415 g/mol. The Morgan fingerprint density at radius 2 is 2.14 bits per heavy atom. The van der Waals surface area contributed by atoms with Crippen LogP contribution in [0, 0.1) is 14.9 Å². The zero-order chi connectivity index (χ0) is 16.5. The van der Waals surface area contributed by atoms with Gasteiger partial charge in [0.2, 0.25) is 0 Å². The van der Waals surface area contributed by atoms with Gasteiger partial charge in [-0.3, -0.25) is 0 Å². The number of hydrogen-bond donors (Lipinski definition) is 0. The molecule has 0 aliphatic rings. The molecule has 0 fully saturated rings. The highest BCUT2D eigenvalue weighted by Crippen LogP contribution is 2.34. The van der Waals surface area contributed by atoms with E-state index >= 15 is 0 Å². The van der Waals surface area contributed by atoms with Crippen molar-refractivity contribution in [3.05, 3.63) is 26.8 Å². The molecule has 0 atom stereocenters. The zero-order valence-electron chi connectivity index (χ0n) is 12.8. The van der Waals surface area contributed by atoms with Gasteiger partial charge in [0.25, 0.3) is 0 Å². The summed E-state index contributed by atoms with van der Waals surface area (Å²) in [5.41, 5.74) is 0.622. The normalized spacial score (nSPS) is 10.8. The summed E-state index contributed by atoms with van der Waals surface area (Å²) in [5.74, 6) is 0.592. The summed E-state index contributed by atoms with van der Waals surface area (Å²) >= 11 is 2.13. The fraction of sp³-hybridized carbons (Fsp3) is 0.375. The van der Waals surface area contributed by atoms with Crippen LogP contribution >= 0.6 is 22.6 Å². The van der Waals surface area contributed by atoms with E-state index in [4.69, 9.17) is 19.5 Å². The lowest BCUT2D eigenvalue weighted by Gasteiger charge is -2.13. The van der Waals surface area contributed by atoms with Gasteiger partial charge in [0.15, 0.2) is 11.5 Å². The molecule has 6 heteroatoms. The molecule has 0 N–H and O–H groups in total. The lowest BCUT2D eigenvalue weighted by atomic mass is 10.1. The van der Waals surface area contributed by atoms with Crippen molar-refractivity contribution in [2.45, 2.75) is 20.3 Å². The second-order valence-corrected chi connectivity index (χ2v) is 5.44. The van der Waals surface area contributed by atoms with Gasteiger partial charge >= 0.3 is 5.97 Å². The molecule has 0 amide bonds. The maximum absolute atomic E-state index is 11.7. The smallest absolute Gasteiger partial charge is 0.348 e. The molecule has 0 bridgehead atoms. The summed E-state index contributed by atoms with van der Waals surface area (Å²) in [7, 11) is 1.55. The van der Waals surface area contributed by atoms with Crippen LogP contribution in [-0.4, -0.2) is 26.3 Å². The Bertz CT molecular complexity index is 605. The summed E-state index contributed by atoms with van der Waals surface area (Å²) in [6.07, 6.45) is 2.37. The largest absolute Gasteiger partial charge is 0.493 e. The Kier molecular flexibility index (Phi) is 7.74. The Balaban J connectivity index is 3.18. The Morgan fingerprint density at radius 3 is 2.68 bits per heavy atom. The van der Waals surface area contributed by atoms with Gasteiger partial charge < -0.3 is 14.2 Å². The fourth-order valence-corrected chi connectivity index (χ4v) is 2.46. The van der Waals surface area contributed by atoms with Crippen molar-refractivity contribution < 1.29 is 19.0 Å². The van der Waals surface area contributed by atoms with Crippen LogP contribution < -0.4 is 9.47 Å². The van der Waals surface area contributed by atoms with Crippen LogP contribution in [0.3, 0.4) is 0 Å². The summed E-state index contributed by atoms with van der Waals surface area (Å²) in [6, 6.07) is 5.40. The molecule has 0 spiro atoms. The first-order valence-electron chi connectivity index (χ1n) is 6.86. The number of hydrogen-bond acceptors (Lipinski definition) is 5. The van der Waals surface area contributed by atoms with Crippen molar-refractivity contribution in [2.24, 2.45) is 0 Å². The van der Waals surface area contributed by atoms with Gasteiger partial charge in [-0.15, -0.1) is 0 Å². The van der Waals surface area contributed by atoms with Crippen LogP contribution in [0.4, 0.5) is 0 Å². The molecule has 0 aliphatic heterocycles. The third kappa shape index (κ3) is 4.91. The second-order valence-electron chi connectivity index (χ2n) is 4.27. The summed E-state index contributed by atoms with van der Waals surface area (Å²) < 4.78 is 16.7. The van der Waals surface area contributed by atoms with Gasteiger partial charge in [-0.1, -0.05) is 6.92 Å². The van der Waals surface area contributed by atoms with E-state index in [1.807, 2.05) is 19.1 Å². The number of ether oxygens (including phenoxy) is 3. The first kappa shape index (κ1) is 18.3. The van der Waals surface area contributed by atoms with E-state index in [9.17, 15) is 4.79 Å². The van der Waals surface area contributed by atoms with E-state index in [2.05, 4.69) is 22.6 Å². The maximum Gasteiger partial charge on any atom is 0.348 e. The van der Waals surface area contributed by atoms with Gasteiger partial charge in [0.05, 0.1) is 23.9 Å². The molecule has 1 aromatic rings. The monoisotopic (exact) mass is 415 g/mol. The van der Waals surface area contributed by atoms with Gasteiger partial charge in [-0.05, 0) is 59.7 Å². The molecule has 0 radical (unpaired) electrons. The van der Waals surface area contributed by atoms with Crippen LogP contribution in [0.5, 0.6) is 11.5 Å². The minimum absolute atomic E-state index is 0.0538. The average Bonchev–Trinajstić information content (AvgIpc) is 2.51.